The van der Waals surface area contributed by atoms with Crippen LogP contribution in [0.5, 0.6) is 0 Å². The third-order valence-electron chi connectivity index (χ3n) is 2.12. The molecule has 1 unspecified atom stereocenters. The van der Waals surface area contributed by atoms with Crippen molar-refractivity contribution in [2.24, 2.45) is 5.41 Å². The molecule has 1 atom stereocenters. The zero-order chi connectivity index (χ0) is 9.78. The first kappa shape index (κ1) is 11.8. The Kier molecular flexibility index (Phi) is 4.67. The molecule has 0 amide bonds. The topological polar surface area (TPSA) is 57.5 Å². The predicted octanol–water partition coefficient (Wildman–Crippen LogP) is 0.161. The molecule has 0 aliphatic rings. The summed E-state index contributed by atoms with van der Waals surface area (Å²) in [5.41, 5.74) is -0.311. The summed E-state index contributed by atoms with van der Waals surface area (Å²) < 4.78 is 10.6. The van der Waals surface area contributed by atoms with Crippen LogP contribution >= 0.6 is 0 Å². The van der Waals surface area contributed by atoms with Crippen LogP contribution in [0.15, 0.2) is 0 Å². The van der Waals surface area contributed by atoms with Gasteiger partial charge in [-0.2, -0.15) is 0 Å². The molecule has 0 aromatic rings. The van der Waals surface area contributed by atoms with Crippen LogP contribution in [0.25, 0.3) is 0 Å². The van der Waals surface area contributed by atoms with Crippen LogP contribution in [0.4, 0.5) is 0 Å². The molecule has 0 saturated carbocycles. The van der Waals surface area contributed by atoms with E-state index in [1.807, 2.05) is 20.8 Å². The summed E-state index contributed by atoms with van der Waals surface area (Å²) in [6.07, 6.45) is -0.225. The van der Waals surface area contributed by atoms with Gasteiger partial charge in [0.15, 0.2) is 0 Å². The first-order chi connectivity index (χ1) is 5.49. The average Bonchev–Trinajstić information content (AvgIpc) is 2.05. The zero-order valence-electron chi connectivity index (χ0n) is 7.70. The van der Waals surface area contributed by atoms with Crippen molar-refractivity contribution in [2.45, 2.75) is 33.3 Å². The molecular weight excluding hydrogens is 176 g/mol. The molecule has 72 valence electrons. The zero-order valence-corrected chi connectivity index (χ0v) is 8.52. The van der Waals surface area contributed by atoms with Crippen LogP contribution in [0, 0.1) is 5.41 Å². The van der Waals surface area contributed by atoms with Gasteiger partial charge in [0.05, 0.1) is 22.7 Å². The Morgan fingerprint density at radius 2 is 2.08 bits per heavy atom. The second-order valence-corrected chi connectivity index (χ2v) is 3.99. The predicted molar refractivity (Wildman–Crippen MR) is 50.3 cm³/mol. The summed E-state index contributed by atoms with van der Waals surface area (Å²) in [7, 11) is 0. The maximum atomic E-state index is 10.6. The Bertz CT molecular complexity index is 194. The summed E-state index contributed by atoms with van der Waals surface area (Å²) in [6.45, 7) is 5.33. The van der Waals surface area contributed by atoms with E-state index < -0.39 is 6.10 Å². The highest BCUT2D eigenvalue weighted by Gasteiger charge is 2.27. The Morgan fingerprint density at radius 1 is 1.58 bits per heavy atom. The molecule has 4 heteroatoms. The maximum Gasteiger partial charge on any atom is 0.111 e. The van der Waals surface area contributed by atoms with Gasteiger partial charge in [-0.15, -0.1) is 0 Å². The lowest BCUT2D eigenvalue weighted by molar-refractivity contribution is 0.139. The third-order valence-corrected chi connectivity index (χ3v) is 3.12. The standard InChI is InChI=1S/C8H16O3S/c1-4-8(2,3)7(12-11)6(10)5-9/h6,9-10H,4-5H2,1-3H3. The molecule has 2 N–H and O–H groups in total. The van der Waals surface area contributed by atoms with E-state index in [2.05, 4.69) is 0 Å². The molecule has 0 aliphatic carbocycles. The van der Waals surface area contributed by atoms with Crippen molar-refractivity contribution < 1.29 is 14.4 Å². The quantitative estimate of drug-likeness (QED) is 0.624. The van der Waals surface area contributed by atoms with Gasteiger partial charge in [-0.05, 0) is 6.42 Å². The van der Waals surface area contributed by atoms with Crippen LogP contribution < -0.4 is 0 Å². The van der Waals surface area contributed by atoms with E-state index in [1.54, 1.807) is 0 Å². The van der Waals surface area contributed by atoms with Crippen molar-refractivity contribution in [1.29, 1.82) is 0 Å². The van der Waals surface area contributed by atoms with Gasteiger partial charge in [-0.25, -0.2) is 4.21 Å². The average molecular weight is 192 g/mol. The van der Waals surface area contributed by atoms with Gasteiger partial charge in [-0.3, -0.25) is 0 Å². The highest BCUT2D eigenvalue weighted by Crippen LogP contribution is 2.22. The Morgan fingerprint density at radius 3 is 2.33 bits per heavy atom. The van der Waals surface area contributed by atoms with Crippen LogP contribution in [-0.4, -0.2) is 32.0 Å². The van der Waals surface area contributed by atoms with Crippen LogP contribution in [0.2, 0.25) is 0 Å². The first-order valence-corrected chi connectivity index (χ1v) is 4.69. The van der Waals surface area contributed by atoms with E-state index >= 15 is 0 Å². The van der Waals surface area contributed by atoms with Gasteiger partial charge in [-0.1, -0.05) is 20.8 Å². The van der Waals surface area contributed by atoms with Gasteiger partial charge in [0.25, 0.3) is 0 Å². The van der Waals surface area contributed by atoms with E-state index in [1.165, 1.54) is 0 Å². The molecule has 0 aliphatic heterocycles. The summed E-state index contributed by atoms with van der Waals surface area (Å²) in [6, 6.07) is 0. The Balaban J connectivity index is 4.69. The minimum absolute atomic E-state index is 0.291. The molecule has 0 heterocycles. The fraction of sp³-hybridized carbons (Fsp3) is 0.875. The van der Waals surface area contributed by atoms with Crippen molar-refractivity contribution in [3.63, 3.8) is 0 Å². The van der Waals surface area contributed by atoms with Crippen LogP contribution in [-0.2, 0) is 11.3 Å². The highest BCUT2D eigenvalue weighted by molar-refractivity contribution is 7.66. The van der Waals surface area contributed by atoms with Gasteiger partial charge >= 0.3 is 0 Å². The van der Waals surface area contributed by atoms with E-state index in [0.29, 0.717) is 16.1 Å². The summed E-state index contributed by atoms with van der Waals surface area (Å²) >= 11 is 0.291. The molecule has 0 aromatic carbocycles. The van der Waals surface area contributed by atoms with Gasteiger partial charge in [0, 0.05) is 5.41 Å². The lowest BCUT2D eigenvalue weighted by atomic mass is 9.84. The second kappa shape index (κ2) is 4.74. The lowest BCUT2D eigenvalue weighted by Crippen LogP contribution is -2.36. The second-order valence-electron chi connectivity index (χ2n) is 3.38. The van der Waals surface area contributed by atoms with Crippen LogP contribution in [0.3, 0.4) is 0 Å². The van der Waals surface area contributed by atoms with E-state index in [0.717, 1.165) is 6.42 Å². The van der Waals surface area contributed by atoms with Crippen molar-refractivity contribution in [2.75, 3.05) is 6.61 Å². The molecule has 0 bridgehead atoms. The monoisotopic (exact) mass is 192 g/mol. The van der Waals surface area contributed by atoms with E-state index in [4.69, 9.17) is 5.11 Å². The summed E-state index contributed by atoms with van der Waals surface area (Å²) in [5.74, 6) is 0. The highest BCUT2D eigenvalue weighted by atomic mass is 32.1. The fourth-order valence-corrected chi connectivity index (χ4v) is 1.43. The molecular formula is C8H16O3S. The molecule has 3 nitrogen and oxygen atoms in total. The Labute approximate surface area is 76.5 Å². The number of aliphatic hydroxyl groups excluding tert-OH is 2. The van der Waals surface area contributed by atoms with Crippen molar-refractivity contribution >= 4 is 16.1 Å². The summed E-state index contributed by atoms with van der Waals surface area (Å²) in [4.78, 5) is 0.410. The minimum Gasteiger partial charge on any atom is -0.393 e. The fourth-order valence-electron chi connectivity index (χ4n) is 0.877. The van der Waals surface area contributed by atoms with Crippen molar-refractivity contribution in [1.82, 2.24) is 0 Å². The number of hydrogen-bond donors (Lipinski definition) is 2. The molecule has 0 saturated heterocycles. The smallest absolute Gasteiger partial charge is 0.111 e. The molecule has 0 fully saturated rings. The largest absolute Gasteiger partial charge is 0.393 e. The maximum absolute atomic E-state index is 10.6. The Hall–Kier alpha value is -0.190. The van der Waals surface area contributed by atoms with Crippen LogP contribution in [0.1, 0.15) is 27.2 Å². The molecule has 0 spiro atoms. The van der Waals surface area contributed by atoms with Gasteiger partial charge in [0.2, 0.25) is 0 Å². The van der Waals surface area contributed by atoms with E-state index in [-0.39, 0.29) is 12.0 Å². The van der Waals surface area contributed by atoms with Crippen molar-refractivity contribution in [3.05, 3.63) is 0 Å². The summed E-state index contributed by atoms with van der Waals surface area (Å²) in [5, 5.41) is 17.9. The first-order valence-electron chi connectivity index (χ1n) is 3.95. The number of rotatable bonds is 4. The van der Waals surface area contributed by atoms with Crippen molar-refractivity contribution in [3.8, 4) is 0 Å². The molecule has 12 heavy (non-hydrogen) atoms. The number of aliphatic hydroxyl groups is 2. The third kappa shape index (κ3) is 2.69. The van der Waals surface area contributed by atoms with Gasteiger partial charge < -0.3 is 10.2 Å². The normalized spacial score (nSPS) is 14.1. The lowest BCUT2D eigenvalue weighted by Gasteiger charge is -2.25. The minimum atomic E-state index is -0.998. The molecule has 0 rings (SSSR count). The SMILES string of the molecule is CCC(C)(C)C(=S=O)C(O)CO. The number of hydrogen-bond acceptors (Lipinski definition) is 3. The molecule has 0 radical (unpaired) electrons. The van der Waals surface area contributed by atoms with E-state index in [9.17, 15) is 9.32 Å². The van der Waals surface area contributed by atoms with Gasteiger partial charge in [0.1, 0.15) is 6.10 Å². The molecule has 0 aromatic heterocycles.